The zero-order valence-electron chi connectivity index (χ0n) is 16.7. The van der Waals surface area contributed by atoms with Gasteiger partial charge in [0.1, 0.15) is 10.6 Å². The van der Waals surface area contributed by atoms with Gasteiger partial charge < -0.3 is 9.64 Å². The Bertz CT molecular complexity index is 811. The number of benzene rings is 1. The summed E-state index contributed by atoms with van der Waals surface area (Å²) in [7, 11) is -3.67. The van der Waals surface area contributed by atoms with Crippen LogP contribution in [0.4, 0.5) is 11.4 Å². The van der Waals surface area contributed by atoms with Gasteiger partial charge in [-0.15, -0.1) is 0 Å². The van der Waals surface area contributed by atoms with Crippen LogP contribution in [0.2, 0.25) is 0 Å². The fraction of sp³-hybridized carbons (Fsp3) is 0.684. The van der Waals surface area contributed by atoms with Crippen molar-refractivity contribution in [1.29, 1.82) is 0 Å². The first-order valence-electron chi connectivity index (χ1n) is 9.75. The normalized spacial score (nSPS) is 25.0. The summed E-state index contributed by atoms with van der Waals surface area (Å²) in [5.74, 6) is 0.533. The summed E-state index contributed by atoms with van der Waals surface area (Å²) in [5.41, 5.74) is 0.0965. The van der Waals surface area contributed by atoms with Gasteiger partial charge >= 0.3 is 5.69 Å². The number of para-hydroxylation sites is 1. The molecule has 1 aromatic rings. The van der Waals surface area contributed by atoms with Crippen molar-refractivity contribution < 1.29 is 18.1 Å². The zero-order chi connectivity index (χ0) is 20.5. The van der Waals surface area contributed by atoms with E-state index < -0.39 is 14.8 Å². The molecule has 2 aliphatic heterocycles. The van der Waals surface area contributed by atoms with E-state index in [4.69, 9.17) is 4.74 Å². The largest absolute Gasteiger partial charge is 0.373 e. The number of nitrogens with zero attached hydrogens (tertiary/aromatic N) is 3. The summed E-state index contributed by atoms with van der Waals surface area (Å²) >= 11 is 0. The molecule has 0 radical (unpaired) electrons. The van der Waals surface area contributed by atoms with E-state index >= 15 is 0 Å². The molecule has 2 heterocycles. The molecule has 3 rings (SSSR count). The van der Waals surface area contributed by atoms with E-state index in [1.807, 2.05) is 4.90 Å². The highest BCUT2D eigenvalue weighted by atomic mass is 32.2. The van der Waals surface area contributed by atoms with Crippen LogP contribution in [-0.2, 0) is 14.6 Å². The van der Waals surface area contributed by atoms with Crippen LogP contribution in [0, 0.1) is 16.0 Å². The zero-order valence-corrected chi connectivity index (χ0v) is 17.5. The Morgan fingerprint density at radius 1 is 1.18 bits per heavy atom. The van der Waals surface area contributed by atoms with E-state index in [9.17, 15) is 18.5 Å². The van der Waals surface area contributed by atoms with E-state index in [0.29, 0.717) is 24.7 Å². The van der Waals surface area contributed by atoms with Crippen LogP contribution >= 0.6 is 0 Å². The Hall–Kier alpha value is -1.71. The molecule has 2 atom stereocenters. The molecular formula is C19H29N3O5S. The molecule has 0 spiro atoms. The molecule has 0 aromatic heterocycles. The van der Waals surface area contributed by atoms with Gasteiger partial charge in [0.2, 0.25) is 0 Å². The number of nitro benzene ring substituents is 1. The van der Waals surface area contributed by atoms with E-state index in [2.05, 4.69) is 18.7 Å². The molecule has 8 nitrogen and oxygen atoms in total. The summed E-state index contributed by atoms with van der Waals surface area (Å²) in [6, 6.07) is 4.55. The molecule has 2 saturated heterocycles. The molecule has 0 N–H and O–H groups in total. The van der Waals surface area contributed by atoms with Crippen molar-refractivity contribution in [2.45, 2.75) is 43.8 Å². The van der Waals surface area contributed by atoms with Gasteiger partial charge in [-0.1, -0.05) is 6.07 Å². The Morgan fingerprint density at radius 3 is 2.32 bits per heavy atom. The van der Waals surface area contributed by atoms with Crippen LogP contribution in [0.3, 0.4) is 0 Å². The lowest BCUT2D eigenvalue weighted by molar-refractivity contribution is -0.387. The van der Waals surface area contributed by atoms with Crippen LogP contribution in [0.5, 0.6) is 0 Å². The quantitative estimate of drug-likeness (QED) is 0.542. The SMILES string of the molecule is CC1CN(CC2CCN(c3cccc(S(C)(=O)=O)c3[N+](=O)[O-])CC2)CC(C)O1. The summed E-state index contributed by atoms with van der Waals surface area (Å²) in [5, 5.41) is 11.6. The van der Waals surface area contributed by atoms with Gasteiger partial charge in [-0.3, -0.25) is 15.0 Å². The fourth-order valence-corrected chi connectivity index (χ4v) is 5.26. The smallest absolute Gasteiger partial charge is 0.311 e. The van der Waals surface area contributed by atoms with Crippen LogP contribution in [-0.4, -0.2) is 69.4 Å². The van der Waals surface area contributed by atoms with E-state index in [1.165, 1.54) is 6.07 Å². The van der Waals surface area contributed by atoms with Crippen LogP contribution < -0.4 is 4.90 Å². The lowest BCUT2D eigenvalue weighted by Gasteiger charge is -2.40. The monoisotopic (exact) mass is 411 g/mol. The maximum absolute atomic E-state index is 12.0. The molecule has 0 saturated carbocycles. The first-order valence-corrected chi connectivity index (χ1v) is 11.6. The molecule has 2 unspecified atom stereocenters. The molecule has 0 amide bonds. The van der Waals surface area contributed by atoms with E-state index in [0.717, 1.165) is 38.7 Å². The molecule has 9 heteroatoms. The first-order chi connectivity index (χ1) is 13.1. The van der Waals surface area contributed by atoms with Gasteiger partial charge in [0.15, 0.2) is 9.84 Å². The molecule has 1 aromatic carbocycles. The lowest BCUT2D eigenvalue weighted by Crippen LogP contribution is -2.48. The third-order valence-electron chi connectivity index (χ3n) is 5.53. The number of anilines is 1. The second kappa shape index (κ2) is 8.34. The van der Waals surface area contributed by atoms with Crippen LogP contribution in [0.25, 0.3) is 0 Å². The highest BCUT2D eigenvalue weighted by Gasteiger charge is 2.32. The number of ether oxygens (including phenoxy) is 1. The molecule has 28 heavy (non-hydrogen) atoms. The van der Waals surface area contributed by atoms with Crippen molar-refractivity contribution in [3.8, 4) is 0 Å². The van der Waals surface area contributed by atoms with Gasteiger partial charge in [-0.2, -0.15) is 0 Å². The Balaban J connectivity index is 1.69. The first kappa shape index (κ1) is 21.0. The number of piperidine rings is 1. The third-order valence-corrected chi connectivity index (χ3v) is 6.65. The van der Waals surface area contributed by atoms with Crippen molar-refractivity contribution >= 4 is 21.2 Å². The second-order valence-electron chi connectivity index (χ2n) is 8.06. The summed E-state index contributed by atoms with van der Waals surface area (Å²) < 4.78 is 29.8. The number of hydrogen-bond acceptors (Lipinski definition) is 7. The third kappa shape index (κ3) is 4.82. The van der Waals surface area contributed by atoms with Gasteiger partial charge in [0.05, 0.1) is 17.1 Å². The van der Waals surface area contributed by atoms with Gasteiger partial charge in [0, 0.05) is 39.0 Å². The number of morpholine rings is 1. The predicted octanol–water partition coefficient (Wildman–Crippen LogP) is 2.32. The van der Waals surface area contributed by atoms with Crippen molar-refractivity contribution in [2.24, 2.45) is 5.92 Å². The molecule has 156 valence electrons. The molecule has 2 fully saturated rings. The minimum atomic E-state index is -3.67. The van der Waals surface area contributed by atoms with Gasteiger partial charge in [-0.25, -0.2) is 8.42 Å². The van der Waals surface area contributed by atoms with Crippen LogP contribution in [0.15, 0.2) is 23.1 Å². The topological polar surface area (TPSA) is 93.0 Å². The van der Waals surface area contributed by atoms with Crippen LogP contribution in [0.1, 0.15) is 26.7 Å². The van der Waals surface area contributed by atoms with Crippen molar-refractivity contribution in [2.75, 3.05) is 43.9 Å². The Morgan fingerprint density at radius 2 is 1.79 bits per heavy atom. The summed E-state index contributed by atoms with van der Waals surface area (Å²) in [4.78, 5) is 15.2. The second-order valence-corrected chi connectivity index (χ2v) is 10.0. The Labute approximate surface area is 166 Å². The number of nitro groups is 1. The molecule has 0 aliphatic carbocycles. The summed E-state index contributed by atoms with van der Waals surface area (Å²) in [6.45, 7) is 8.46. The minimum absolute atomic E-state index is 0.214. The summed E-state index contributed by atoms with van der Waals surface area (Å²) in [6.07, 6.45) is 3.35. The highest BCUT2D eigenvalue weighted by molar-refractivity contribution is 7.90. The maximum atomic E-state index is 12.0. The lowest BCUT2D eigenvalue weighted by atomic mass is 9.95. The van der Waals surface area contributed by atoms with Crippen molar-refractivity contribution in [1.82, 2.24) is 4.90 Å². The average molecular weight is 412 g/mol. The van der Waals surface area contributed by atoms with E-state index in [1.54, 1.807) is 12.1 Å². The molecular weight excluding hydrogens is 382 g/mol. The van der Waals surface area contributed by atoms with Gasteiger partial charge in [0.25, 0.3) is 0 Å². The van der Waals surface area contributed by atoms with Crippen molar-refractivity contribution in [3.05, 3.63) is 28.3 Å². The Kier molecular flexibility index (Phi) is 6.26. The minimum Gasteiger partial charge on any atom is -0.373 e. The van der Waals surface area contributed by atoms with Gasteiger partial charge in [-0.05, 0) is 44.7 Å². The number of rotatable bonds is 5. The fourth-order valence-electron chi connectivity index (χ4n) is 4.40. The standard InChI is InChI=1S/C19H29N3O5S/c1-14-11-20(12-15(2)27-14)13-16-7-9-21(10-8-16)17-5-4-6-18(28(3,25)26)19(17)22(23)24/h4-6,14-16H,7-13H2,1-3H3. The average Bonchev–Trinajstić information content (AvgIpc) is 2.60. The highest BCUT2D eigenvalue weighted by Crippen LogP contribution is 2.36. The van der Waals surface area contributed by atoms with Crippen molar-refractivity contribution in [3.63, 3.8) is 0 Å². The van der Waals surface area contributed by atoms with E-state index in [-0.39, 0.29) is 22.8 Å². The maximum Gasteiger partial charge on any atom is 0.311 e. The number of hydrogen-bond donors (Lipinski definition) is 0. The predicted molar refractivity (Wildman–Crippen MR) is 108 cm³/mol. The number of sulfone groups is 1. The molecule has 2 aliphatic rings. The molecule has 0 bridgehead atoms.